The van der Waals surface area contributed by atoms with Gasteiger partial charge in [0.2, 0.25) is 0 Å². The molecule has 0 saturated carbocycles. The molecule has 3 rings (SSSR count). The van der Waals surface area contributed by atoms with Crippen LogP contribution in [0.4, 0.5) is 10.5 Å². The second-order valence-corrected chi connectivity index (χ2v) is 6.89. The molecule has 4 heteroatoms. The summed E-state index contributed by atoms with van der Waals surface area (Å²) in [5.41, 5.74) is 2.16. The number of allylic oxidation sites excluding steroid dienone is 3. The molecule has 2 saturated heterocycles. The van der Waals surface area contributed by atoms with Crippen LogP contribution < -0.4 is 10.2 Å². The molecule has 1 aromatic rings. The molecule has 2 aliphatic heterocycles. The lowest BCUT2D eigenvalue weighted by molar-refractivity contribution is 0.167. The van der Waals surface area contributed by atoms with Crippen molar-refractivity contribution < 1.29 is 4.79 Å². The van der Waals surface area contributed by atoms with Crippen molar-refractivity contribution in [3.05, 3.63) is 66.8 Å². The Balaban J connectivity index is 1.61. The number of likely N-dealkylation sites (tertiary alicyclic amines) is 1. The number of hydrogen-bond acceptors (Lipinski definition) is 2. The number of anilines is 1. The number of nitrogens with one attached hydrogen (secondary N) is 1. The average Bonchev–Trinajstić information content (AvgIpc) is 2.95. The van der Waals surface area contributed by atoms with Gasteiger partial charge in [0.1, 0.15) is 0 Å². The first-order valence-corrected chi connectivity index (χ1v) is 8.97. The summed E-state index contributed by atoms with van der Waals surface area (Å²) >= 11 is 0. The molecule has 0 aliphatic carbocycles. The zero-order valence-electron chi connectivity index (χ0n) is 14.9. The number of rotatable bonds is 5. The highest BCUT2D eigenvalue weighted by Crippen LogP contribution is 2.31. The predicted molar refractivity (Wildman–Crippen MR) is 104 cm³/mol. The Morgan fingerprint density at radius 1 is 1.28 bits per heavy atom. The molecule has 0 atom stereocenters. The summed E-state index contributed by atoms with van der Waals surface area (Å²) in [4.78, 5) is 16.8. The summed E-state index contributed by atoms with van der Waals surface area (Å²) in [5, 5.41) is 3.26. The highest BCUT2D eigenvalue weighted by atomic mass is 16.2. The summed E-state index contributed by atoms with van der Waals surface area (Å²) in [6.45, 7) is 9.51. The molecule has 0 bridgehead atoms. The van der Waals surface area contributed by atoms with E-state index in [2.05, 4.69) is 35.0 Å². The first-order chi connectivity index (χ1) is 12.2. The summed E-state index contributed by atoms with van der Waals surface area (Å²) in [6.07, 6.45) is 10.1. The van der Waals surface area contributed by atoms with E-state index in [4.69, 9.17) is 0 Å². The van der Waals surface area contributed by atoms with Gasteiger partial charge < -0.3 is 5.32 Å². The van der Waals surface area contributed by atoms with Gasteiger partial charge in [-0.3, -0.25) is 9.80 Å². The van der Waals surface area contributed by atoms with Crippen LogP contribution in [0.25, 0.3) is 0 Å². The number of piperidine rings is 1. The Labute approximate surface area is 150 Å². The van der Waals surface area contributed by atoms with Crippen LogP contribution in [0.15, 0.2) is 66.8 Å². The lowest BCUT2D eigenvalue weighted by Crippen LogP contribution is -2.52. The van der Waals surface area contributed by atoms with Crippen LogP contribution in [0, 0.1) is 0 Å². The Morgan fingerprint density at radius 2 is 2.00 bits per heavy atom. The molecule has 2 amide bonds. The van der Waals surface area contributed by atoms with Gasteiger partial charge in [-0.05, 0) is 37.5 Å². The number of urea groups is 1. The molecule has 1 aromatic carbocycles. The lowest BCUT2D eigenvalue weighted by atomic mass is 9.88. The highest BCUT2D eigenvalue weighted by Gasteiger charge is 2.44. The van der Waals surface area contributed by atoms with Gasteiger partial charge in [0.15, 0.2) is 0 Å². The van der Waals surface area contributed by atoms with Crippen molar-refractivity contribution in [3.63, 3.8) is 0 Å². The fourth-order valence-electron chi connectivity index (χ4n) is 3.73. The SMILES string of the molecule is C=C/C=C(\C=C/C)CN1CCC2(CC1)CN(c1ccccc1)C(=O)N2. The van der Waals surface area contributed by atoms with Crippen molar-refractivity contribution in [3.8, 4) is 0 Å². The third-order valence-corrected chi connectivity index (χ3v) is 5.08. The van der Waals surface area contributed by atoms with Gasteiger partial charge in [-0.15, -0.1) is 0 Å². The minimum absolute atomic E-state index is 0.0285. The first kappa shape index (κ1) is 17.5. The van der Waals surface area contributed by atoms with E-state index < -0.39 is 0 Å². The smallest absolute Gasteiger partial charge is 0.322 e. The summed E-state index contributed by atoms with van der Waals surface area (Å²) in [5.74, 6) is 0. The summed E-state index contributed by atoms with van der Waals surface area (Å²) in [6, 6.07) is 9.95. The van der Waals surface area contributed by atoms with Crippen LogP contribution in [0.5, 0.6) is 0 Å². The molecule has 1 N–H and O–H groups in total. The average molecular weight is 337 g/mol. The van der Waals surface area contributed by atoms with Crippen LogP contribution in [-0.2, 0) is 0 Å². The molecule has 2 heterocycles. The Bertz CT molecular complexity index is 670. The normalized spacial score (nSPS) is 21.1. The minimum Gasteiger partial charge on any atom is -0.330 e. The number of nitrogens with zero attached hydrogens (tertiary/aromatic N) is 2. The number of benzene rings is 1. The number of amides is 2. The molecule has 1 spiro atoms. The maximum atomic E-state index is 12.4. The minimum atomic E-state index is -0.0909. The van der Waals surface area contributed by atoms with Crippen LogP contribution >= 0.6 is 0 Å². The Kier molecular flexibility index (Phi) is 5.39. The number of para-hydroxylation sites is 1. The molecule has 2 fully saturated rings. The summed E-state index contributed by atoms with van der Waals surface area (Å²) < 4.78 is 0. The molecule has 0 unspecified atom stereocenters. The number of carbonyl (C=O) groups is 1. The van der Waals surface area contributed by atoms with Gasteiger partial charge in [-0.25, -0.2) is 4.79 Å². The molecule has 4 nitrogen and oxygen atoms in total. The second kappa shape index (κ2) is 7.70. The standard InChI is InChI=1S/C21H27N3O/c1-3-8-18(9-4-2)16-23-14-12-21(13-15-23)17-24(20(25)22-21)19-10-6-5-7-11-19/h3-11H,1,12-17H2,2H3,(H,22,25)/b9-4-,18-8+. The monoisotopic (exact) mass is 337 g/mol. The Morgan fingerprint density at radius 3 is 2.64 bits per heavy atom. The van der Waals surface area contributed by atoms with Crippen molar-refractivity contribution in [1.82, 2.24) is 10.2 Å². The van der Waals surface area contributed by atoms with Gasteiger partial charge >= 0.3 is 6.03 Å². The van der Waals surface area contributed by atoms with Gasteiger partial charge in [0.25, 0.3) is 0 Å². The third-order valence-electron chi connectivity index (χ3n) is 5.08. The fraction of sp³-hybridized carbons (Fsp3) is 0.381. The van der Waals surface area contributed by atoms with E-state index in [1.54, 1.807) is 0 Å². The molecule has 25 heavy (non-hydrogen) atoms. The topological polar surface area (TPSA) is 35.6 Å². The van der Waals surface area contributed by atoms with E-state index in [0.29, 0.717) is 0 Å². The fourth-order valence-corrected chi connectivity index (χ4v) is 3.73. The molecule has 2 aliphatic rings. The van der Waals surface area contributed by atoms with Crippen molar-refractivity contribution >= 4 is 11.7 Å². The van der Waals surface area contributed by atoms with E-state index in [0.717, 1.165) is 44.7 Å². The molecule has 132 valence electrons. The van der Waals surface area contributed by atoms with E-state index in [9.17, 15) is 4.79 Å². The number of carbonyl (C=O) groups excluding carboxylic acids is 1. The van der Waals surface area contributed by atoms with Crippen LogP contribution in [0.2, 0.25) is 0 Å². The molecule has 0 radical (unpaired) electrons. The third kappa shape index (κ3) is 4.02. The first-order valence-electron chi connectivity index (χ1n) is 8.97. The zero-order valence-corrected chi connectivity index (χ0v) is 14.9. The van der Waals surface area contributed by atoms with Gasteiger partial charge in [0.05, 0.1) is 12.1 Å². The van der Waals surface area contributed by atoms with Crippen molar-refractivity contribution in [2.24, 2.45) is 0 Å². The van der Waals surface area contributed by atoms with Crippen LogP contribution in [0.1, 0.15) is 19.8 Å². The molecule has 0 aromatic heterocycles. The maximum Gasteiger partial charge on any atom is 0.322 e. The molecular weight excluding hydrogens is 310 g/mol. The maximum absolute atomic E-state index is 12.4. The quantitative estimate of drug-likeness (QED) is 0.831. The summed E-state index contributed by atoms with van der Waals surface area (Å²) in [7, 11) is 0. The van der Waals surface area contributed by atoms with E-state index in [1.165, 1.54) is 5.57 Å². The van der Waals surface area contributed by atoms with E-state index >= 15 is 0 Å². The largest absolute Gasteiger partial charge is 0.330 e. The van der Waals surface area contributed by atoms with Crippen molar-refractivity contribution in [2.45, 2.75) is 25.3 Å². The van der Waals surface area contributed by atoms with Crippen LogP contribution in [0.3, 0.4) is 0 Å². The Hall–Kier alpha value is -2.33. The van der Waals surface area contributed by atoms with Gasteiger partial charge in [-0.2, -0.15) is 0 Å². The van der Waals surface area contributed by atoms with E-state index in [1.807, 2.05) is 48.2 Å². The van der Waals surface area contributed by atoms with Crippen molar-refractivity contribution in [1.29, 1.82) is 0 Å². The van der Waals surface area contributed by atoms with Gasteiger partial charge in [0, 0.05) is 25.3 Å². The zero-order chi connectivity index (χ0) is 17.7. The predicted octanol–water partition coefficient (Wildman–Crippen LogP) is 3.74. The molecular formula is C21H27N3O. The highest BCUT2D eigenvalue weighted by molar-refractivity contribution is 5.95. The lowest BCUT2D eigenvalue weighted by Gasteiger charge is -2.38. The van der Waals surface area contributed by atoms with Gasteiger partial charge in [-0.1, -0.05) is 49.1 Å². The van der Waals surface area contributed by atoms with Crippen LogP contribution in [-0.4, -0.2) is 42.6 Å². The number of hydrogen-bond donors (Lipinski definition) is 1. The van der Waals surface area contributed by atoms with E-state index in [-0.39, 0.29) is 11.6 Å². The van der Waals surface area contributed by atoms with Crippen molar-refractivity contribution in [2.75, 3.05) is 31.1 Å². The second-order valence-electron chi connectivity index (χ2n) is 6.89.